The van der Waals surface area contributed by atoms with Gasteiger partial charge in [0.1, 0.15) is 17.2 Å². The van der Waals surface area contributed by atoms with Crippen molar-refractivity contribution >= 4 is 52.6 Å². The predicted octanol–water partition coefficient (Wildman–Crippen LogP) is 5.76. The lowest BCUT2D eigenvalue weighted by Crippen LogP contribution is -2.30. The van der Waals surface area contributed by atoms with Crippen LogP contribution in [0.1, 0.15) is 21.5 Å². The van der Waals surface area contributed by atoms with Gasteiger partial charge in [-0.05, 0) is 67.1 Å². The Labute approximate surface area is 257 Å². The number of aryl methyl sites for hydroxylation is 1. The SMILES string of the molecule is COc1cc(O)ccc1/C=C(/NC(=O)c1ccccc1)C(=O)Nc1cccc(SCC(=O)Nc2ccc([N+](=O)[O-])cc2C)c1. The highest BCUT2D eigenvalue weighted by molar-refractivity contribution is 8.00. The van der Waals surface area contributed by atoms with Crippen LogP contribution in [-0.4, -0.2) is 40.6 Å². The first-order valence-corrected chi connectivity index (χ1v) is 14.2. The number of aromatic hydroxyl groups is 1. The maximum absolute atomic E-state index is 13.4. The summed E-state index contributed by atoms with van der Waals surface area (Å²) in [5.41, 5.74) is 2.13. The topological polar surface area (TPSA) is 160 Å². The number of nitrogens with one attached hydrogen (secondary N) is 3. The maximum Gasteiger partial charge on any atom is 0.272 e. The zero-order chi connectivity index (χ0) is 31.6. The molecule has 4 aromatic rings. The highest BCUT2D eigenvalue weighted by atomic mass is 32.2. The van der Waals surface area contributed by atoms with Crippen molar-refractivity contribution in [3.8, 4) is 11.5 Å². The first kappa shape index (κ1) is 31.3. The van der Waals surface area contributed by atoms with Gasteiger partial charge in [0, 0.05) is 45.6 Å². The standard InChI is InChI=1S/C32H28N4O7S/c1-20-15-24(36(41)42)12-14-27(20)34-30(38)19-44-26-10-6-9-23(17-26)33-32(40)28(35-31(39)21-7-4-3-5-8-21)16-22-11-13-25(37)18-29(22)43-2/h3-18,37H,19H2,1-2H3,(H,33,40)(H,34,38)(H,35,39)/b28-16+. The van der Waals surface area contributed by atoms with Crippen LogP contribution in [-0.2, 0) is 9.59 Å². The summed E-state index contributed by atoms with van der Waals surface area (Å²) >= 11 is 1.23. The number of phenolic OH excluding ortho intramolecular Hbond substituents is 1. The van der Waals surface area contributed by atoms with Crippen LogP contribution in [0.2, 0.25) is 0 Å². The average molecular weight is 613 g/mol. The molecule has 0 fully saturated rings. The Bertz CT molecular complexity index is 1740. The molecule has 11 nitrogen and oxygen atoms in total. The quantitative estimate of drug-likeness (QED) is 0.0720. The van der Waals surface area contributed by atoms with Crippen LogP contribution in [0.4, 0.5) is 17.1 Å². The fourth-order valence-electron chi connectivity index (χ4n) is 4.02. The Morgan fingerprint density at radius 1 is 0.955 bits per heavy atom. The molecule has 0 unspecified atom stereocenters. The van der Waals surface area contributed by atoms with Crippen molar-refractivity contribution in [2.45, 2.75) is 11.8 Å². The van der Waals surface area contributed by atoms with Gasteiger partial charge in [0.2, 0.25) is 5.91 Å². The molecule has 3 amide bonds. The number of non-ortho nitro benzene ring substituents is 1. The second-order valence-electron chi connectivity index (χ2n) is 9.38. The minimum atomic E-state index is -0.613. The van der Waals surface area contributed by atoms with E-state index < -0.39 is 16.7 Å². The van der Waals surface area contributed by atoms with Crippen molar-refractivity contribution in [1.29, 1.82) is 0 Å². The zero-order valence-corrected chi connectivity index (χ0v) is 24.5. The van der Waals surface area contributed by atoms with E-state index in [2.05, 4.69) is 16.0 Å². The Kier molecular flexibility index (Phi) is 10.3. The molecule has 4 rings (SSSR count). The van der Waals surface area contributed by atoms with Crippen LogP contribution < -0.4 is 20.7 Å². The summed E-state index contributed by atoms with van der Waals surface area (Å²) < 4.78 is 5.32. The van der Waals surface area contributed by atoms with Gasteiger partial charge in [0.25, 0.3) is 17.5 Å². The number of nitrogens with zero attached hydrogens (tertiary/aromatic N) is 1. The molecule has 0 saturated heterocycles. The van der Waals surface area contributed by atoms with Gasteiger partial charge < -0.3 is 25.8 Å². The van der Waals surface area contributed by atoms with E-state index in [1.54, 1.807) is 67.6 Å². The summed E-state index contributed by atoms with van der Waals surface area (Å²) in [5.74, 6) is -1.10. The van der Waals surface area contributed by atoms with E-state index in [1.165, 1.54) is 55.3 Å². The number of amides is 3. The number of nitro benzene ring substituents is 1. The number of ether oxygens (including phenoxy) is 1. The molecule has 0 radical (unpaired) electrons. The molecule has 0 heterocycles. The van der Waals surface area contributed by atoms with E-state index in [0.717, 1.165) is 0 Å². The third-order valence-corrected chi connectivity index (χ3v) is 7.20. The third kappa shape index (κ3) is 8.46. The zero-order valence-electron chi connectivity index (χ0n) is 23.7. The van der Waals surface area contributed by atoms with Crippen molar-refractivity contribution < 1.29 is 29.2 Å². The van der Waals surface area contributed by atoms with Crippen LogP contribution in [0.3, 0.4) is 0 Å². The van der Waals surface area contributed by atoms with Crippen LogP contribution in [0.15, 0.2) is 102 Å². The molecule has 0 aliphatic rings. The van der Waals surface area contributed by atoms with E-state index in [9.17, 15) is 29.6 Å². The number of hydrogen-bond acceptors (Lipinski definition) is 8. The van der Waals surface area contributed by atoms with Crippen molar-refractivity contribution in [1.82, 2.24) is 5.32 Å². The van der Waals surface area contributed by atoms with Crippen LogP contribution in [0.5, 0.6) is 11.5 Å². The molecule has 0 spiro atoms. The van der Waals surface area contributed by atoms with Gasteiger partial charge in [-0.2, -0.15) is 0 Å². The molecule has 4 N–H and O–H groups in total. The lowest BCUT2D eigenvalue weighted by Gasteiger charge is -2.13. The molecule has 0 aromatic heterocycles. The molecule has 0 bridgehead atoms. The molecule has 12 heteroatoms. The molecular weight excluding hydrogens is 584 g/mol. The Balaban J connectivity index is 1.47. The molecular formula is C32H28N4O7S. The third-order valence-electron chi connectivity index (χ3n) is 6.20. The van der Waals surface area contributed by atoms with E-state index >= 15 is 0 Å². The number of carbonyl (C=O) groups excluding carboxylic acids is 3. The number of anilines is 2. The minimum Gasteiger partial charge on any atom is -0.508 e. The van der Waals surface area contributed by atoms with Crippen molar-refractivity contribution in [3.63, 3.8) is 0 Å². The van der Waals surface area contributed by atoms with Crippen LogP contribution in [0, 0.1) is 17.0 Å². The number of hydrogen-bond donors (Lipinski definition) is 4. The fourth-order valence-corrected chi connectivity index (χ4v) is 4.77. The van der Waals surface area contributed by atoms with Gasteiger partial charge in [-0.3, -0.25) is 24.5 Å². The lowest BCUT2D eigenvalue weighted by molar-refractivity contribution is -0.384. The average Bonchev–Trinajstić information content (AvgIpc) is 3.01. The van der Waals surface area contributed by atoms with E-state index in [0.29, 0.717) is 38.7 Å². The molecule has 0 aliphatic heterocycles. The van der Waals surface area contributed by atoms with Gasteiger partial charge in [-0.15, -0.1) is 11.8 Å². The molecule has 224 valence electrons. The van der Waals surface area contributed by atoms with Crippen LogP contribution in [0.25, 0.3) is 6.08 Å². The van der Waals surface area contributed by atoms with E-state index in [1.807, 2.05) is 0 Å². The summed E-state index contributed by atoms with van der Waals surface area (Å²) in [6.07, 6.45) is 1.44. The lowest BCUT2D eigenvalue weighted by atomic mass is 10.1. The minimum absolute atomic E-state index is 0.0239. The summed E-state index contributed by atoms with van der Waals surface area (Å²) in [7, 11) is 1.42. The van der Waals surface area contributed by atoms with E-state index in [4.69, 9.17) is 4.74 Å². The largest absolute Gasteiger partial charge is 0.508 e. The predicted molar refractivity (Wildman–Crippen MR) is 169 cm³/mol. The summed E-state index contributed by atoms with van der Waals surface area (Å²) in [6.45, 7) is 1.67. The number of phenols is 1. The van der Waals surface area contributed by atoms with Crippen molar-refractivity contribution in [3.05, 3.63) is 123 Å². The van der Waals surface area contributed by atoms with Gasteiger partial charge in [0.05, 0.1) is 17.8 Å². The smallest absolute Gasteiger partial charge is 0.272 e. The maximum atomic E-state index is 13.4. The molecule has 44 heavy (non-hydrogen) atoms. The first-order chi connectivity index (χ1) is 21.1. The summed E-state index contributed by atoms with van der Waals surface area (Å²) in [4.78, 5) is 50.1. The molecule has 0 atom stereocenters. The van der Waals surface area contributed by atoms with Crippen molar-refractivity contribution in [2.75, 3.05) is 23.5 Å². The van der Waals surface area contributed by atoms with E-state index in [-0.39, 0.29) is 28.8 Å². The highest BCUT2D eigenvalue weighted by Gasteiger charge is 2.17. The second kappa shape index (κ2) is 14.5. The summed E-state index contributed by atoms with van der Waals surface area (Å²) in [5, 5.41) is 29.0. The van der Waals surface area contributed by atoms with Gasteiger partial charge in [-0.25, -0.2) is 0 Å². The number of rotatable bonds is 11. The number of thioether (sulfide) groups is 1. The Hall–Kier alpha value is -5.62. The number of nitro groups is 1. The van der Waals surface area contributed by atoms with Gasteiger partial charge in [0.15, 0.2) is 0 Å². The number of benzene rings is 4. The second-order valence-corrected chi connectivity index (χ2v) is 10.4. The Morgan fingerprint density at radius 2 is 1.73 bits per heavy atom. The van der Waals surface area contributed by atoms with Gasteiger partial charge in [-0.1, -0.05) is 24.3 Å². The highest BCUT2D eigenvalue weighted by Crippen LogP contribution is 2.27. The number of methoxy groups -OCH3 is 1. The monoisotopic (exact) mass is 612 g/mol. The normalized spacial score (nSPS) is 10.9. The van der Waals surface area contributed by atoms with Crippen molar-refractivity contribution in [2.24, 2.45) is 0 Å². The first-order valence-electron chi connectivity index (χ1n) is 13.2. The summed E-state index contributed by atoms with van der Waals surface area (Å²) in [6, 6.07) is 23.8. The molecule has 4 aromatic carbocycles. The fraction of sp³-hybridized carbons (Fsp3) is 0.0938. The Morgan fingerprint density at radius 3 is 2.43 bits per heavy atom. The number of carbonyl (C=O) groups is 3. The molecule has 0 saturated carbocycles. The molecule has 0 aliphatic carbocycles. The van der Waals surface area contributed by atoms with Crippen LogP contribution >= 0.6 is 11.8 Å². The van der Waals surface area contributed by atoms with Gasteiger partial charge >= 0.3 is 0 Å².